The van der Waals surface area contributed by atoms with Gasteiger partial charge in [-0.25, -0.2) is 0 Å². The molecule has 0 aliphatic carbocycles. The molecule has 0 amide bonds. The Morgan fingerprint density at radius 2 is 1.05 bits per heavy atom. The van der Waals surface area contributed by atoms with Gasteiger partial charge in [-0.15, -0.1) is 0 Å². The van der Waals surface area contributed by atoms with Gasteiger partial charge in [0.15, 0.2) is 0 Å². The van der Waals surface area contributed by atoms with Crippen LogP contribution in [0, 0.1) is 0 Å². The SMILES string of the molecule is CC(SSc1ccccc1)SSc1ccccc1.[Cu]. The van der Waals surface area contributed by atoms with E-state index in [4.69, 9.17) is 0 Å². The fourth-order valence-electron chi connectivity index (χ4n) is 1.21. The molecule has 0 aliphatic rings. The van der Waals surface area contributed by atoms with Crippen LogP contribution in [-0.2, 0) is 17.1 Å². The van der Waals surface area contributed by atoms with Crippen LogP contribution in [0.3, 0.4) is 0 Å². The first-order valence-corrected chi connectivity index (χ1v) is 10.0. The molecular weight excluding hydrogens is 360 g/mol. The summed E-state index contributed by atoms with van der Waals surface area (Å²) < 4.78 is 0.556. The molecule has 5 heteroatoms. The molecule has 0 atom stereocenters. The molecule has 0 N–H and O–H groups in total. The summed E-state index contributed by atoms with van der Waals surface area (Å²) in [4.78, 5) is 2.64. The molecule has 0 saturated carbocycles. The summed E-state index contributed by atoms with van der Waals surface area (Å²) in [5.41, 5.74) is 0. The first kappa shape index (κ1) is 17.4. The second-order valence-corrected chi connectivity index (χ2v) is 9.08. The van der Waals surface area contributed by atoms with E-state index in [1.54, 1.807) is 0 Å². The molecule has 0 aliphatic heterocycles. The van der Waals surface area contributed by atoms with E-state index in [1.165, 1.54) is 9.79 Å². The van der Waals surface area contributed by atoms with Crippen LogP contribution in [0.1, 0.15) is 6.92 Å². The molecular formula is C14H14CuS4. The third-order valence-corrected chi connectivity index (χ3v) is 8.48. The van der Waals surface area contributed by atoms with Gasteiger partial charge in [-0.2, -0.15) is 0 Å². The van der Waals surface area contributed by atoms with Gasteiger partial charge in [0.1, 0.15) is 0 Å². The zero-order valence-corrected chi connectivity index (χ0v) is 14.5. The summed E-state index contributed by atoms with van der Waals surface area (Å²) in [6.45, 7) is 2.25. The average molecular weight is 374 g/mol. The van der Waals surface area contributed by atoms with Crippen molar-refractivity contribution >= 4 is 43.2 Å². The van der Waals surface area contributed by atoms with Crippen molar-refractivity contribution in [1.29, 1.82) is 0 Å². The Morgan fingerprint density at radius 3 is 1.42 bits per heavy atom. The molecule has 0 saturated heterocycles. The minimum absolute atomic E-state index is 0. The van der Waals surface area contributed by atoms with Gasteiger partial charge in [0.25, 0.3) is 0 Å². The van der Waals surface area contributed by atoms with E-state index in [2.05, 4.69) is 67.6 Å². The van der Waals surface area contributed by atoms with Crippen molar-refractivity contribution in [2.24, 2.45) is 0 Å². The van der Waals surface area contributed by atoms with E-state index in [-0.39, 0.29) is 17.1 Å². The van der Waals surface area contributed by atoms with Crippen LogP contribution in [0.2, 0.25) is 0 Å². The Balaban J connectivity index is 0.00000180. The Hall–Kier alpha value is 0.359. The minimum Gasteiger partial charge on any atom is -0.0739 e. The second kappa shape index (κ2) is 10.1. The van der Waals surface area contributed by atoms with Crippen molar-refractivity contribution in [2.45, 2.75) is 21.3 Å². The van der Waals surface area contributed by atoms with E-state index in [0.717, 1.165) is 0 Å². The van der Waals surface area contributed by atoms with Crippen molar-refractivity contribution in [3.8, 4) is 0 Å². The fraction of sp³-hybridized carbons (Fsp3) is 0.143. The quantitative estimate of drug-likeness (QED) is 0.335. The largest absolute Gasteiger partial charge is 0.0739 e. The Kier molecular flexibility index (Phi) is 9.29. The van der Waals surface area contributed by atoms with Gasteiger partial charge in [-0.1, -0.05) is 79.6 Å². The zero-order valence-electron chi connectivity index (χ0n) is 10.3. The summed E-state index contributed by atoms with van der Waals surface area (Å²) in [5.74, 6) is 0. The fourth-order valence-corrected chi connectivity index (χ4v) is 6.38. The van der Waals surface area contributed by atoms with Crippen molar-refractivity contribution in [1.82, 2.24) is 0 Å². The molecule has 2 rings (SSSR count). The molecule has 2 aromatic rings. The Labute approximate surface area is 141 Å². The predicted molar refractivity (Wildman–Crippen MR) is 89.2 cm³/mol. The predicted octanol–water partition coefficient (Wildman–Crippen LogP) is 6.21. The topological polar surface area (TPSA) is 0 Å². The maximum absolute atomic E-state index is 2.25. The first-order valence-electron chi connectivity index (χ1n) is 5.61. The second-order valence-electron chi connectivity index (χ2n) is 3.55. The number of rotatable bonds is 6. The van der Waals surface area contributed by atoms with Crippen LogP contribution in [-0.4, -0.2) is 4.58 Å². The number of hydrogen-bond acceptors (Lipinski definition) is 4. The third kappa shape index (κ3) is 7.07. The molecule has 1 radical (unpaired) electrons. The van der Waals surface area contributed by atoms with Crippen LogP contribution < -0.4 is 0 Å². The summed E-state index contributed by atoms with van der Waals surface area (Å²) in [5, 5.41) is 0. The zero-order chi connectivity index (χ0) is 12.6. The molecule has 0 bridgehead atoms. The van der Waals surface area contributed by atoms with Gasteiger partial charge in [0.05, 0.1) is 4.58 Å². The van der Waals surface area contributed by atoms with Crippen LogP contribution in [0.25, 0.3) is 0 Å². The number of hydrogen-bond donors (Lipinski definition) is 0. The van der Waals surface area contributed by atoms with Crippen molar-refractivity contribution in [3.05, 3.63) is 60.7 Å². The summed E-state index contributed by atoms with van der Waals surface area (Å²) >= 11 is 0. The standard InChI is InChI=1S/C14H14S4.Cu/c1-12(15-17-13-8-4-2-5-9-13)16-18-14-10-6-3-7-11-14;/h2-12H,1H3;. The van der Waals surface area contributed by atoms with Crippen molar-refractivity contribution < 1.29 is 17.1 Å². The summed E-state index contributed by atoms with van der Waals surface area (Å²) in [6.07, 6.45) is 0. The molecule has 0 aromatic heterocycles. The molecule has 0 fully saturated rings. The van der Waals surface area contributed by atoms with E-state index < -0.39 is 0 Å². The number of benzene rings is 2. The van der Waals surface area contributed by atoms with Gasteiger partial charge in [-0.05, 0) is 31.2 Å². The average Bonchev–Trinajstić information content (AvgIpc) is 2.45. The summed E-state index contributed by atoms with van der Waals surface area (Å²) in [6, 6.07) is 21.0. The molecule has 19 heavy (non-hydrogen) atoms. The van der Waals surface area contributed by atoms with Gasteiger partial charge in [0, 0.05) is 26.9 Å². The smallest absolute Gasteiger partial charge is 0.0688 e. The molecule has 0 spiro atoms. The molecule has 2 aromatic carbocycles. The third-order valence-electron chi connectivity index (χ3n) is 2.05. The van der Waals surface area contributed by atoms with Crippen LogP contribution in [0.15, 0.2) is 70.5 Å². The van der Waals surface area contributed by atoms with E-state index in [9.17, 15) is 0 Å². The maximum atomic E-state index is 2.25. The van der Waals surface area contributed by atoms with Gasteiger partial charge in [-0.3, -0.25) is 0 Å². The van der Waals surface area contributed by atoms with Gasteiger partial charge < -0.3 is 0 Å². The normalized spacial score (nSPS) is 10.2. The van der Waals surface area contributed by atoms with Gasteiger partial charge >= 0.3 is 0 Å². The van der Waals surface area contributed by atoms with Crippen molar-refractivity contribution in [2.75, 3.05) is 0 Å². The Bertz CT molecular complexity index is 406. The molecule has 0 nitrogen and oxygen atoms in total. The molecule has 105 valence electrons. The van der Waals surface area contributed by atoms with E-state index in [0.29, 0.717) is 4.58 Å². The Morgan fingerprint density at radius 1 is 0.684 bits per heavy atom. The molecule has 0 unspecified atom stereocenters. The van der Waals surface area contributed by atoms with E-state index >= 15 is 0 Å². The minimum atomic E-state index is 0. The summed E-state index contributed by atoms with van der Waals surface area (Å²) in [7, 11) is 7.51. The maximum Gasteiger partial charge on any atom is 0.0688 e. The molecule has 0 heterocycles. The van der Waals surface area contributed by atoms with E-state index in [1.807, 2.05) is 43.2 Å². The van der Waals surface area contributed by atoms with Crippen LogP contribution in [0.5, 0.6) is 0 Å². The first-order chi connectivity index (χ1) is 8.84. The van der Waals surface area contributed by atoms with Crippen molar-refractivity contribution in [3.63, 3.8) is 0 Å². The van der Waals surface area contributed by atoms with Crippen LogP contribution >= 0.6 is 43.2 Å². The monoisotopic (exact) mass is 373 g/mol. The van der Waals surface area contributed by atoms with Crippen LogP contribution in [0.4, 0.5) is 0 Å². The van der Waals surface area contributed by atoms with Gasteiger partial charge in [0.2, 0.25) is 0 Å².